The summed E-state index contributed by atoms with van der Waals surface area (Å²) >= 11 is 1.86. The Morgan fingerprint density at radius 3 is 1.96 bits per heavy atom. The molecule has 0 saturated carbocycles. The minimum absolute atomic E-state index is 0.616. The zero-order chi connectivity index (χ0) is 30.2. The normalized spacial score (nSPS) is 11.9. The van der Waals surface area contributed by atoms with Crippen molar-refractivity contribution < 1.29 is 4.42 Å². The first-order valence-corrected chi connectivity index (χ1v) is 16.1. The summed E-state index contributed by atoms with van der Waals surface area (Å²) in [5, 5.41) is 9.44. The van der Waals surface area contributed by atoms with Crippen LogP contribution < -0.4 is 0 Å². The van der Waals surface area contributed by atoms with Crippen molar-refractivity contribution in [3.63, 3.8) is 0 Å². The van der Waals surface area contributed by atoms with E-state index in [0.29, 0.717) is 17.5 Å². The lowest BCUT2D eigenvalue weighted by Crippen LogP contribution is -2.00. The van der Waals surface area contributed by atoms with Gasteiger partial charge in [-0.1, -0.05) is 121 Å². The zero-order valence-corrected chi connectivity index (χ0v) is 25.3. The number of rotatable bonds is 3. The molecule has 0 spiro atoms. The molecule has 0 aliphatic rings. The van der Waals surface area contributed by atoms with Gasteiger partial charge in [0.1, 0.15) is 11.2 Å². The van der Waals surface area contributed by atoms with Crippen molar-refractivity contribution in [2.24, 2.45) is 0 Å². The molecule has 0 atom stereocenters. The Balaban J connectivity index is 1.27. The van der Waals surface area contributed by atoms with Crippen LogP contribution in [-0.2, 0) is 0 Å². The molecule has 3 aromatic heterocycles. The molecular weight excluding hydrogens is 583 g/mol. The van der Waals surface area contributed by atoms with Crippen LogP contribution in [0, 0.1) is 0 Å². The van der Waals surface area contributed by atoms with Crippen LogP contribution in [0.1, 0.15) is 0 Å². The SMILES string of the molecule is c1ccc(-c2nc(-c3cccc4c3ccc3ccc5c6ccccc6sc5c34)nc(-c3cccc4oc5ccccc5c34)n2)cc1. The highest BCUT2D eigenvalue weighted by molar-refractivity contribution is 7.26. The summed E-state index contributed by atoms with van der Waals surface area (Å²) in [5.41, 5.74) is 4.49. The molecule has 0 aliphatic carbocycles. The van der Waals surface area contributed by atoms with Crippen LogP contribution >= 0.6 is 11.3 Å². The molecule has 3 heterocycles. The Labute approximate surface area is 267 Å². The predicted octanol–water partition coefficient (Wildman–Crippen LogP) is 11.4. The Bertz CT molecular complexity index is 2820. The van der Waals surface area contributed by atoms with Gasteiger partial charge in [0.05, 0.1) is 0 Å². The fraction of sp³-hybridized carbons (Fsp3) is 0. The van der Waals surface area contributed by atoms with E-state index in [1.54, 1.807) is 0 Å². The topological polar surface area (TPSA) is 51.8 Å². The lowest BCUT2D eigenvalue weighted by atomic mass is 9.96. The third-order valence-electron chi connectivity index (χ3n) is 8.94. The number of furan rings is 1. The summed E-state index contributed by atoms with van der Waals surface area (Å²) in [6, 6.07) is 48.4. The number of nitrogens with zero attached hydrogens (tertiary/aromatic N) is 3. The van der Waals surface area contributed by atoms with E-state index in [1.165, 1.54) is 36.3 Å². The number of aromatic nitrogens is 3. The van der Waals surface area contributed by atoms with E-state index in [1.807, 2.05) is 72.0 Å². The summed E-state index contributed by atoms with van der Waals surface area (Å²) < 4.78 is 8.84. The molecule has 7 aromatic carbocycles. The second kappa shape index (κ2) is 9.80. The van der Waals surface area contributed by atoms with E-state index < -0.39 is 0 Å². The van der Waals surface area contributed by atoms with E-state index in [9.17, 15) is 0 Å². The van der Waals surface area contributed by atoms with E-state index in [0.717, 1.165) is 44.0 Å². The highest BCUT2D eigenvalue weighted by atomic mass is 32.1. The lowest BCUT2D eigenvalue weighted by Gasteiger charge is -2.12. The predicted molar refractivity (Wildman–Crippen MR) is 191 cm³/mol. The van der Waals surface area contributed by atoms with Crippen LogP contribution in [-0.4, -0.2) is 15.0 Å². The van der Waals surface area contributed by atoms with Gasteiger partial charge in [-0.15, -0.1) is 11.3 Å². The maximum absolute atomic E-state index is 6.23. The first-order valence-electron chi connectivity index (χ1n) is 15.3. The fourth-order valence-corrected chi connectivity index (χ4v) is 8.12. The number of fused-ring (bicyclic) bond motifs is 10. The largest absolute Gasteiger partial charge is 0.456 e. The summed E-state index contributed by atoms with van der Waals surface area (Å²) in [6.07, 6.45) is 0. The smallest absolute Gasteiger partial charge is 0.164 e. The highest BCUT2D eigenvalue weighted by Gasteiger charge is 2.19. The maximum atomic E-state index is 6.23. The van der Waals surface area contributed by atoms with Crippen LogP contribution in [0.2, 0.25) is 0 Å². The average molecular weight is 606 g/mol. The zero-order valence-electron chi connectivity index (χ0n) is 24.4. The molecule has 4 nitrogen and oxygen atoms in total. The summed E-state index contributed by atoms with van der Waals surface area (Å²) in [6.45, 7) is 0. The molecule has 10 rings (SSSR count). The molecule has 0 saturated heterocycles. The van der Waals surface area contributed by atoms with Crippen molar-refractivity contribution >= 4 is 75.0 Å². The van der Waals surface area contributed by atoms with Crippen molar-refractivity contribution in [2.75, 3.05) is 0 Å². The first kappa shape index (κ1) is 25.4. The number of thiophene rings is 1. The van der Waals surface area contributed by atoms with Gasteiger partial charge in [0.2, 0.25) is 0 Å². The molecule has 214 valence electrons. The van der Waals surface area contributed by atoms with E-state index in [2.05, 4.69) is 78.9 Å². The monoisotopic (exact) mass is 605 g/mol. The summed E-state index contributed by atoms with van der Waals surface area (Å²) in [4.78, 5) is 15.4. The number of para-hydroxylation sites is 1. The number of hydrogen-bond donors (Lipinski definition) is 0. The van der Waals surface area contributed by atoms with E-state index in [-0.39, 0.29) is 0 Å². The van der Waals surface area contributed by atoms with Gasteiger partial charge >= 0.3 is 0 Å². The van der Waals surface area contributed by atoms with Crippen LogP contribution in [0.5, 0.6) is 0 Å². The Kier molecular flexibility index (Phi) is 5.41. The molecule has 0 radical (unpaired) electrons. The van der Waals surface area contributed by atoms with Gasteiger partial charge in [0.25, 0.3) is 0 Å². The van der Waals surface area contributed by atoms with Crippen molar-refractivity contribution in [3.8, 4) is 34.2 Å². The van der Waals surface area contributed by atoms with E-state index >= 15 is 0 Å². The third-order valence-corrected chi connectivity index (χ3v) is 10.1. The molecule has 5 heteroatoms. The first-order chi connectivity index (χ1) is 22.8. The second-order valence-electron chi connectivity index (χ2n) is 11.6. The van der Waals surface area contributed by atoms with Crippen molar-refractivity contribution in [2.45, 2.75) is 0 Å². The minimum Gasteiger partial charge on any atom is -0.456 e. The summed E-state index contributed by atoms with van der Waals surface area (Å²) in [5.74, 6) is 1.89. The maximum Gasteiger partial charge on any atom is 0.164 e. The van der Waals surface area contributed by atoms with Crippen LogP contribution in [0.4, 0.5) is 0 Å². The standard InChI is InChI=1S/C41H23N3OS/c1-2-10-25(11-3-1)39-42-40(44-41(43-39)32-16-9-18-34-37(32)31-13-4-6-17-33(31)45-34)30-15-8-14-28-26(30)22-20-24-21-23-29-27-12-5-7-19-35(27)46-38(29)36(24)28/h1-23H. The van der Waals surface area contributed by atoms with Gasteiger partial charge in [-0.05, 0) is 34.4 Å². The molecule has 10 aromatic rings. The third kappa shape index (κ3) is 3.76. The molecule has 0 bridgehead atoms. The van der Waals surface area contributed by atoms with Gasteiger partial charge in [0.15, 0.2) is 17.5 Å². The molecule has 0 unspecified atom stereocenters. The van der Waals surface area contributed by atoms with Crippen LogP contribution in [0.3, 0.4) is 0 Å². The highest BCUT2D eigenvalue weighted by Crippen LogP contribution is 2.43. The minimum atomic E-state index is 0.616. The van der Waals surface area contributed by atoms with Crippen LogP contribution in [0.25, 0.3) is 97.8 Å². The lowest BCUT2D eigenvalue weighted by molar-refractivity contribution is 0.669. The Morgan fingerprint density at radius 2 is 1.07 bits per heavy atom. The van der Waals surface area contributed by atoms with Crippen LogP contribution in [0.15, 0.2) is 144 Å². The molecule has 0 fully saturated rings. The fourth-order valence-electron chi connectivity index (χ4n) is 6.85. The Hall–Kier alpha value is -5.91. The van der Waals surface area contributed by atoms with Gasteiger partial charge in [0, 0.05) is 53.0 Å². The molecule has 46 heavy (non-hydrogen) atoms. The quantitative estimate of drug-likeness (QED) is 0.188. The van der Waals surface area contributed by atoms with Crippen molar-refractivity contribution in [1.29, 1.82) is 0 Å². The van der Waals surface area contributed by atoms with Gasteiger partial charge in [-0.2, -0.15) is 0 Å². The molecule has 0 N–H and O–H groups in total. The second-order valence-corrected chi connectivity index (χ2v) is 12.6. The Morgan fingerprint density at radius 1 is 0.413 bits per heavy atom. The van der Waals surface area contributed by atoms with Gasteiger partial charge in [-0.25, -0.2) is 15.0 Å². The molecular formula is C41H23N3OS. The number of hydrogen-bond acceptors (Lipinski definition) is 5. The van der Waals surface area contributed by atoms with E-state index in [4.69, 9.17) is 19.4 Å². The number of benzene rings is 7. The molecule has 0 aliphatic heterocycles. The van der Waals surface area contributed by atoms with Gasteiger partial charge < -0.3 is 4.42 Å². The van der Waals surface area contributed by atoms with Gasteiger partial charge in [-0.3, -0.25) is 0 Å². The summed E-state index contributed by atoms with van der Waals surface area (Å²) in [7, 11) is 0. The molecule has 0 amide bonds. The van der Waals surface area contributed by atoms with Crippen molar-refractivity contribution in [3.05, 3.63) is 140 Å². The van der Waals surface area contributed by atoms with Crippen molar-refractivity contribution in [1.82, 2.24) is 15.0 Å². The average Bonchev–Trinajstić information content (AvgIpc) is 3.70.